The van der Waals surface area contributed by atoms with Crippen LogP contribution in [0.5, 0.6) is 0 Å². The van der Waals surface area contributed by atoms with Crippen molar-refractivity contribution in [3.05, 3.63) is 35.4 Å². The molecule has 0 saturated carbocycles. The summed E-state index contributed by atoms with van der Waals surface area (Å²) in [5.41, 5.74) is 4.18. The van der Waals surface area contributed by atoms with Crippen LogP contribution in [0.1, 0.15) is 18.1 Å². The molecule has 4 nitrogen and oxygen atoms in total. The molecule has 0 aliphatic carbocycles. The van der Waals surface area contributed by atoms with Crippen LogP contribution in [-0.2, 0) is 22.0 Å². The first-order chi connectivity index (χ1) is 9.09. The maximum Gasteiger partial charge on any atom is 0.416 e. The normalized spacial score (nSPS) is 13.9. The topological polar surface area (TPSA) is 63.4 Å². The summed E-state index contributed by atoms with van der Waals surface area (Å²) < 4.78 is 63.6. The summed E-state index contributed by atoms with van der Waals surface area (Å²) in [4.78, 5) is 0. The van der Waals surface area contributed by atoms with Gasteiger partial charge in [0.25, 0.3) is 0 Å². The molecule has 1 aromatic rings. The maximum absolute atomic E-state index is 12.8. The lowest BCUT2D eigenvalue weighted by Gasteiger charge is -2.23. The Balaban J connectivity index is 0.00000400. The van der Waals surface area contributed by atoms with Crippen molar-refractivity contribution in [1.82, 2.24) is 4.31 Å². The molecular formula is C12H18ClF3N2O2S. The molecule has 1 aromatic carbocycles. The molecule has 9 heteroatoms. The van der Waals surface area contributed by atoms with Gasteiger partial charge in [0, 0.05) is 19.6 Å². The molecule has 0 aliphatic heterocycles. The van der Waals surface area contributed by atoms with Crippen LogP contribution >= 0.6 is 12.4 Å². The highest BCUT2D eigenvalue weighted by Crippen LogP contribution is 2.32. The highest BCUT2D eigenvalue weighted by atomic mass is 35.5. The fourth-order valence-corrected chi connectivity index (χ4v) is 3.13. The van der Waals surface area contributed by atoms with Gasteiger partial charge in [0.05, 0.1) is 11.3 Å². The Morgan fingerprint density at radius 3 is 2.29 bits per heavy atom. The summed E-state index contributed by atoms with van der Waals surface area (Å²) >= 11 is 0. The highest BCUT2D eigenvalue weighted by Gasteiger charge is 2.35. The Kier molecular flexibility index (Phi) is 7.14. The van der Waals surface area contributed by atoms with E-state index in [4.69, 9.17) is 5.73 Å². The largest absolute Gasteiger partial charge is 0.416 e. The van der Waals surface area contributed by atoms with Crippen LogP contribution in [0.4, 0.5) is 13.2 Å². The van der Waals surface area contributed by atoms with Crippen LogP contribution < -0.4 is 5.73 Å². The number of likely N-dealkylation sites (N-methyl/N-ethyl adjacent to an activating group) is 1. The lowest BCUT2D eigenvalue weighted by molar-refractivity contribution is -0.138. The van der Waals surface area contributed by atoms with E-state index in [2.05, 4.69) is 0 Å². The fourth-order valence-electron chi connectivity index (χ4n) is 1.64. The van der Waals surface area contributed by atoms with Gasteiger partial charge in [0.2, 0.25) is 10.0 Å². The fraction of sp³-hybridized carbons (Fsp3) is 0.500. The van der Waals surface area contributed by atoms with E-state index in [1.807, 2.05) is 0 Å². The van der Waals surface area contributed by atoms with Gasteiger partial charge in [-0.2, -0.15) is 13.2 Å². The summed E-state index contributed by atoms with van der Waals surface area (Å²) in [5.74, 6) is -0.705. The van der Waals surface area contributed by atoms with E-state index < -0.39 is 33.6 Å². The van der Waals surface area contributed by atoms with Crippen LogP contribution in [0, 0.1) is 0 Å². The van der Waals surface area contributed by atoms with E-state index >= 15 is 0 Å². The summed E-state index contributed by atoms with van der Waals surface area (Å²) in [6, 6.07) is 4.17. The Hall–Kier alpha value is -0.830. The monoisotopic (exact) mass is 346 g/mol. The van der Waals surface area contributed by atoms with Gasteiger partial charge in [0.1, 0.15) is 0 Å². The highest BCUT2D eigenvalue weighted by molar-refractivity contribution is 7.88. The minimum Gasteiger partial charge on any atom is -0.329 e. The molecule has 0 bridgehead atoms. The van der Waals surface area contributed by atoms with Crippen LogP contribution in [0.15, 0.2) is 24.3 Å². The predicted molar refractivity (Wildman–Crippen MR) is 77.6 cm³/mol. The Bertz CT molecular complexity index is 564. The number of hydrogen-bond donors (Lipinski definition) is 1. The number of hydrogen-bond acceptors (Lipinski definition) is 3. The molecule has 2 N–H and O–H groups in total. The molecule has 1 rings (SSSR count). The van der Waals surface area contributed by atoms with Crippen molar-refractivity contribution in [1.29, 1.82) is 0 Å². The predicted octanol–water partition coefficient (Wildman–Crippen LogP) is 2.24. The average Bonchev–Trinajstić information content (AvgIpc) is 2.35. The Morgan fingerprint density at radius 2 is 1.81 bits per heavy atom. The number of benzene rings is 1. The third-order valence-corrected chi connectivity index (χ3v) is 4.97. The van der Waals surface area contributed by atoms with Crippen molar-refractivity contribution in [2.45, 2.75) is 24.9 Å². The lowest BCUT2D eigenvalue weighted by Crippen LogP contribution is -2.40. The van der Waals surface area contributed by atoms with Gasteiger partial charge >= 0.3 is 6.18 Å². The van der Waals surface area contributed by atoms with Gasteiger partial charge in [-0.05, 0) is 18.6 Å². The van der Waals surface area contributed by atoms with E-state index in [0.717, 1.165) is 10.4 Å². The van der Waals surface area contributed by atoms with Crippen molar-refractivity contribution in [3.63, 3.8) is 0 Å². The van der Waals surface area contributed by atoms with Gasteiger partial charge in [-0.15, -0.1) is 12.4 Å². The first-order valence-electron chi connectivity index (χ1n) is 5.90. The zero-order chi connectivity index (χ0) is 15.6. The molecule has 0 heterocycles. The molecule has 21 heavy (non-hydrogen) atoms. The number of sulfonamides is 1. The van der Waals surface area contributed by atoms with E-state index in [0.29, 0.717) is 0 Å². The average molecular weight is 347 g/mol. The quantitative estimate of drug-likeness (QED) is 0.889. The molecule has 1 atom stereocenters. The van der Waals surface area contributed by atoms with Crippen LogP contribution in [0.3, 0.4) is 0 Å². The van der Waals surface area contributed by atoms with Crippen molar-refractivity contribution in [2.24, 2.45) is 5.73 Å². The molecule has 0 amide bonds. The first-order valence-corrected chi connectivity index (χ1v) is 7.51. The van der Waals surface area contributed by atoms with Gasteiger partial charge in [0.15, 0.2) is 0 Å². The van der Waals surface area contributed by atoms with E-state index in [9.17, 15) is 21.6 Å². The zero-order valence-electron chi connectivity index (χ0n) is 11.6. The van der Waals surface area contributed by atoms with Gasteiger partial charge in [-0.3, -0.25) is 0 Å². The van der Waals surface area contributed by atoms with Crippen LogP contribution in [0.25, 0.3) is 0 Å². The molecule has 0 spiro atoms. The smallest absolute Gasteiger partial charge is 0.329 e. The van der Waals surface area contributed by atoms with Crippen LogP contribution in [0.2, 0.25) is 0 Å². The van der Waals surface area contributed by atoms with E-state index in [1.54, 1.807) is 6.92 Å². The molecule has 0 aliphatic rings. The maximum atomic E-state index is 12.8. The second kappa shape index (κ2) is 7.44. The first kappa shape index (κ1) is 20.2. The van der Waals surface area contributed by atoms with Crippen LogP contribution in [-0.4, -0.2) is 32.4 Å². The number of alkyl halides is 3. The number of rotatable bonds is 5. The third kappa shape index (κ3) is 5.14. The lowest BCUT2D eigenvalue weighted by atomic mass is 10.1. The summed E-state index contributed by atoms with van der Waals surface area (Å²) in [5, 5.41) is 0. The molecule has 0 aromatic heterocycles. The standard InChI is InChI=1S/C12H17F3N2O2S.ClH/c1-9(7-16)17(2)20(18,19)8-10-5-3-4-6-11(10)12(13,14)15;/h3-6,9H,7-8,16H2,1-2H3;1H. The Morgan fingerprint density at radius 1 is 1.29 bits per heavy atom. The zero-order valence-corrected chi connectivity index (χ0v) is 13.2. The minimum absolute atomic E-state index is 0. The van der Waals surface area contributed by atoms with Crippen molar-refractivity contribution in [3.8, 4) is 0 Å². The van der Waals surface area contributed by atoms with Crippen molar-refractivity contribution in [2.75, 3.05) is 13.6 Å². The van der Waals surface area contributed by atoms with Crippen molar-refractivity contribution < 1.29 is 21.6 Å². The summed E-state index contributed by atoms with van der Waals surface area (Å²) in [6.07, 6.45) is -4.58. The van der Waals surface area contributed by atoms with E-state index in [1.165, 1.54) is 25.2 Å². The second-order valence-electron chi connectivity index (χ2n) is 4.51. The minimum atomic E-state index is -4.58. The summed E-state index contributed by atoms with van der Waals surface area (Å²) in [7, 11) is -2.55. The SMILES string of the molecule is CC(CN)N(C)S(=O)(=O)Cc1ccccc1C(F)(F)F.Cl. The number of nitrogens with zero attached hydrogens (tertiary/aromatic N) is 1. The number of nitrogens with two attached hydrogens (primary N) is 1. The molecule has 0 fully saturated rings. The van der Waals surface area contributed by atoms with Gasteiger partial charge in [-0.1, -0.05) is 18.2 Å². The molecule has 0 saturated heterocycles. The Labute approximate surface area is 128 Å². The summed E-state index contributed by atoms with van der Waals surface area (Å²) in [6.45, 7) is 1.68. The van der Waals surface area contributed by atoms with Gasteiger partial charge < -0.3 is 5.73 Å². The molecule has 0 radical (unpaired) electrons. The van der Waals surface area contributed by atoms with Gasteiger partial charge in [-0.25, -0.2) is 12.7 Å². The number of halogens is 4. The third-order valence-electron chi connectivity index (χ3n) is 3.06. The van der Waals surface area contributed by atoms with E-state index in [-0.39, 0.29) is 24.5 Å². The van der Waals surface area contributed by atoms with Crippen molar-refractivity contribution >= 4 is 22.4 Å². The molecular weight excluding hydrogens is 329 g/mol. The molecule has 1 unspecified atom stereocenters. The second-order valence-corrected chi connectivity index (χ2v) is 6.54. The molecule has 122 valence electrons.